The molecule has 4 rings (SSSR count). The third-order valence-corrected chi connectivity index (χ3v) is 12.3. The Balaban J connectivity index is 1.72. The summed E-state index contributed by atoms with van der Waals surface area (Å²) in [4.78, 5) is 11.6. The van der Waals surface area contributed by atoms with Gasteiger partial charge in [-0.2, -0.15) is 0 Å². The highest BCUT2D eigenvalue weighted by molar-refractivity contribution is 5.66. The number of rotatable bonds is 5. The van der Waals surface area contributed by atoms with Crippen LogP contribution in [0, 0.1) is 51.2 Å². The average molecular weight is 441 g/mol. The second kappa shape index (κ2) is 7.74. The molecule has 32 heavy (non-hydrogen) atoms. The van der Waals surface area contributed by atoms with Crippen LogP contribution in [-0.2, 0) is 4.79 Å². The Kier molecular flexibility index (Phi) is 5.83. The first-order chi connectivity index (χ1) is 14.8. The van der Waals surface area contributed by atoms with Gasteiger partial charge in [0.25, 0.3) is 0 Å². The molecule has 0 aromatic heterocycles. The second-order valence-electron chi connectivity index (χ2n) is 13.5. The number of hydrogen-bond acceptors (Lipinski definition) is 1. The summed E-state index contributed by atoms with van der Waals surface area (Å²) < 4.78 is 0. The molecule has 0 bridgehead atoms. The first-order valence-electron chi connectivity index (χ1n) is 13.3. The van der Waals surface area contributed by atoms with Gasteiger partial charge in [-0.15, -0.1) is 0 Å². The van der Waals surface area contributed by atoms with E-state index in [2.05, 4.69) is 54.7 Å². The maximum absolute atomic E-state index is 11.6. The first kappa shape index (κ1) is 24.1. The van der Waals surface area contributed by atoms with E-state index in [9.17, 15) is 9.90 Å². The fourth-order valence-corrected chi connectivity index (χ4v) is 10.7. The van der Waals surface area contributed by atoms with Crippen molar-refractivity contribution in [3.05, 3.63) is 24.3 Å². The van der Waals surface area contributed by atoms with Crippen molar-refractivity contribution >= 4 is 5.97 Å². The van der Waals surface area contributed by atoms with E-state index in [1.54, 1.807) is 0 Å². The van der Waals surface area contributed by atoms with Gasteiger partial charge in [-0.1, -0.05) is 52.0 Å². The van der Waals surface area contributed by atoms with Crippen molar-refractivity contribution in [3.63, 3.8) is 0 Å². The van der Waals surface area contributed by atoms with Gasteiger partial charge in [-0.05, 0) is 123 Å². The van der Waals surface area contributed by atoms with E-state index in [0.29, 0.717) is 22.7 Å². The molecule has 9 atom stereocenters. The summed E-state index contributed by atoms with van der Waals surface area (Å²) in [7, 11) is 0. The molecular formula is C30H48O2. The van der Waals surface area contributed by atoms with E-state index >= 15 is 0 Å². The summed E-state index contributed by atoms with van der Waals surface area (Å²) in [6.07, 6.45) is 11.5. The summed E-state index contributed by atoms with van der Waals surface area (Å²) in [5, 5.41) is 9.56. The molecule has 0 saturated heterocycles. The Morgan fingerprint density at radius 2 is 1.44 bits per heavy atom. The lowest BCUT2D eigenvalue weighted by molar-refractivity contribution is -0.221. The molecule has 0 heterocycles. The van der Waals surface area contributed by atoms with Crippen molar-refractivity contribution in [2.24, 2.45) is 51.2 Å². The molecule has 4 saturated carbocycles. The Bertz CT molecular complexity index is 812. The Morgan fingerprint density at radius 1 is 0.844 bits per heavy atom. The number of aliphatic carboxylic acids is 1. The van der Waals surface area contributed by atoms with E-state index in [0.717, 1.165) is 24.2 Å². The number of hydrogen-bond donors (Lipinski definition) is 1. The number of fused-ring (bicyclic) bond motifs is 5. The van der Waals surface area contributed by atoms with Gasteiger partial charge in [0.2, 0.25) is 0 Å². The van der Waals surface area contributed by atoms with Crippen molar-refractivity contribution in [3.8, 4) is 0 Å². The number of carbonyl (C=O) groups is 1. The zero-order chi connectivity index (χ0) is 23.7. The van der Waals surface area contributed by atoms with Crippen LogP contribution in [0.15, 0.2) is 24.3 Å². The van der Waals surface area contributed by atoms with Crippen LogP contribution in [0.2, 0.25) is 0 Å². The highest BCUT2D eigenvalue weighted by Gasteiger charge is 2.69. The lowest BCUT2D eigenvalue weighted by Gasteiger charge is -2.71. The molecule has 9 unspecified atom stereocenters. The van der Waals surface area contributed by atoms with Crippen LogP contribution < -0.4 is 0 Å². The molecule has 4 aliphatic carbocycles. The Labute approximate surface area is 197 Å². The van der Waals surface area contributed by atoms with Crippen molar-refractivity contribution in [2.45, 2.75) is 106 Å². The molecule has 180 valence electrons. The summed E-state index contributed by atoms with van der Waals surface area (Å²) in [6, 6.07) is 0. The molecule has 2 nitrogen and oxygen atoms in total. The summed E-state index contributed by atoms with van der Waals surface area (Å²) in [5.74, 6) is 2.70. The quantitative estimate of drug-likeness (QED) is 0.437. The maximum atomic E-state index is 11.6. The van der Waals surface area contributed by atoms with Gasteiger partial charge in [0.1, 0.15) is 0 Å². The molecule has 0 spiro atoms. The molecule has 4 fully saturated rings. The predicted octanol–water partition coefficient (Wildman–Crippen LogP) is 8.28. The van der Waals surface area contributed by atoms with Crippen LogP contribution in [0.1, 0.15) is 106 Å². The van der Waals surface area contributed by atoms with Crippen LogP contribution in [0.4, 0.5) is 0 Å². The molecule has 0 aromatic carbocycles. The average Bonchev–Trinajstić information content (AvgIpc) is 3.04. The smallest absolute Gasteiger partial charge is 0.303 e. The van der Waals surface area contributed by atoms with Crippen LogP contribution in [0.3, 0.4) is 0 Å². The van der Waals surface area contributed by atoms with E-state index in [1.165, 1.54) is 62.5 Å². The minimum atomic E-state index is -0.649. The van der Waals surface area contributed by atoms with Gasteiger partial charge in [-0.25, -0.2) is 0 Å². The molecule has 4 aliphatic rings. The van der Waals surface area contributed by atoms with Crippen molar-refractivity contribution in [1.82, 2.24) is 0 Å². The van der Waals surface area contributed by atoms with Gasteiger partial charge in [0, 0.05) is 6.42 Å². The van der Waals surface area contributed by atoms with E-state index in [4.69, 9.17) is 0 Å². The topological polar surface area (TPSA) is 37.3 Å². The summed E-state index contributed by atoms with van der Waals surface area (Å²) in [5.41, 5.74) is 3.78. The SMILES string of the molecule is C=C(C)C1CCC2(C)C1CCC1(C)C2CCC2C(C)(CCC(=O)O)C(C(=C)C)CCC21C. The van der Waals surface area contributed by atoms with Crippen molar-refractivity contribution < 1.29 is 9.90 Å². The zero-order valence-corrected chi connectivity index (χ0v) is 21.7. The van der Waals surface area contributed by atoms with E-state index in [1.807, 2.05) is 0 Å². The number of carboxylic acid groups (broad SMARTS) is 1. The van der Waals surface area contributed by atoms with E-state index < -0.39 is 5.97 Å². The molecular weight excluding hydrogens is 392 g/mol. The summed E-state index contributed by atoms with van der Waals surface area (Å²) >= 11 is 0. The van der Waals surface area contributed by atoms with Crippen molar-refractivity contribution in [1.29, 1.82) is 0 Å². The minimum absolute atomic E-state index is 0.0405. The van der Waals surface area contributed by atoms with Gasteiger partial charge in [0.15, 0.2) is 0 Å². The predicted molar refractivity (Wildman–Crippen MR) is 133 cm³/mol. The maximum Gasteiger partial charge on any atom is 0.303 e. The van der Waals surface area contributed by atoms with Crippen molar-refractivity contribution in [2.75, 3.05) is 0 Å². The third-order valence-electron chi connectivity index (χ3n) is 12.3. The molecule has 0 aliphatic heterocycles. The monoisotopic (exact) mass is 440 g/mol. The largest absolute Gasteiger partial charge is 0.481 e. The molecule has 0 aromatic rings. The highest BCUT2D eigenvalue weighted by Crippen LogP contribution is 2.76. The van der Waals surface area contributed by atoms with Crippen LogP contribution >= 0.6 is 0 Å². The third kappa shape index (κ3) is 3.13. The fraction of sp³-hybridized carbons (Fsp3) is 0.833. The lowest BCUT2D eigenvalue weighted by Crippen LogP contribution is -2.64. The Hall–Kier alpha value is -1.05. The van der Waals surface area contributed by atoms with E-state index in [-0.39, 0.29) is 17.3 Å². The lowest BCUT2D eigenvalue weighted by atomic mass is 9.33. The minimum Gasteiger partial charge on any atom is -0.481 e. The van der Waals surface area contributed by atoms with Gasteiger partial charge < -0.3 is 5.11 Å². The van der Waals surface area contributed by atoms with Gasteiger partial charge in [-0.3, -0.25) is 4.79 Å². The summed E-state index contributed by atoms with van der Waals surface area (Å²) in [6.45, 7) is 23.5. The normalized spacial score (nSPS) is 50.1. The molecule has 0 radical (unpaired) electrons. The number of carboxylic acids is 1. The first-order valence-corrected chi connectivity index (χ1v) is 13.3. The fourth-order valence-electron chi connectivity index (χ4n) is 10.7. The van der Waals surface area contributed by atoms with Gasteiger partial charge >= 0.3 is 5.97 Å². The highest BCUT2D eigenvalue weighted by atomic mass is 16.4. The van der Waals surface area contributed by atoms with Crippen LogP contribution in [0.25, 0.3) is 0 Å². The van der Waals surface area contributed by atoms with Crippen LogP contribution in [-0.4, -0.2) is 11.1 Å². The zero-order valence-electron chi connectivity index (χ0n) is 21.7. The second-order valence-corrected chi connectivity index (χ2v) is 13.5. The van der Waals surface area contributed by atoms with Gasteiger partial charge in [0.05, 0.1) is 0 Å². The standard InChI is InChI=1S/C30H48O2/c1-19(2)21-11-15-28(6)23(21)13-18-30(8)25(28)10-9-24-27(5,16-14-26(31)32)22(20(3)4)12-17-29(24,30)7/h21-25H,1,3,9-18H2,2,4-8H3,(H,31,32). The Morgan fingerprint density at radius 3 is 2.03 bits per heavy atom. The van der Waals surface area contributed by atoms with Crippen LogP contribution in [0.5, 0.6) is 0 Å². The number of allylic oxidation sites excluding steroid dienone is 2. The molecule has 0 amide bonds. The molecule has 1 N–H and O–H groups in total. The molecule has 2 heteroatoms.